The molecule has 1 amide bonds. The highest BCUT2D eigenvalue weighted by atomic mass is 16.5. The van der Waals surface area contributed by atoms with Gasteiger partial charge in [0.25, 0.3) is 0 Å². The zero-order valence-electron chi connectivity index (χ0n) is 11.4. The molecular weight excluding hydrogens is 262 g/mol. The second-order valence-corrected chi connectivity index (χ2v) is 4.16. The molecule has 0 radical (unpaired) electrons. The first-order chi connectivity index (χ1) is 9.45. The first kappa shape index (κ1) is 15.7. The number of carboxylic acid groups (broad SMARTS) is 1. The number of benzene rings is 1. The summed E-state index contributed by atoms with van der Waals surface area (Å²) in [6.07, 6.45) is -0.0836. The number of rotatable bonds is 6. The lowest BCUT2D eigenvalue weighted by molar-refractivity contribution is -0.144. The normalized spacial score (nSPS) is 9.90. The molecular formula is C14H17NO5. The summed E-state index contributed by atoms with van der Waals surface area (Å²) in [4.78, 5) is 34.0. The number of esters is 1. The highest BCUT2D eigenvalue weighted by Gasteiger charge is 2.15. The zero-order valence-corrected chi connectivity index (χ0v) is 11.4. The van der Waals surface area contributed by atoms with Crippen molar-refractivity contribution in [3.8, 4) is 0 Å². The van der Waals surface area contributed by atoms with Crippen LogP contribution in [0.5, 0.6) is 0 Å². The van der Waals surface area contributed by atoms with Crippen LogP contribution >= 0.6 is 0 Å². The van der Waals surface area contributed by atoms with Crippen molar-refractivity contribution >= 4 is 23.5 Å². The molecule has 0 saturated carbocycles. The molecule has 0 fully saturated rings. The van der Waals surface area contributed by atoms with Gasteiger partial charge in [-0.15, -0.1) is 0 Å². The molecule has 1 aromatic rings. The van der Waals surface area contributed by atoms with Gasteiger partial charge in [0.15, 0.2) is 0 Å². The van der Waals surface area contributed by atoms with Crippen molar-refractivity contribution in [2.45, 2.75) is 26.7 Å². The van der Waals surface area contributed by atoms with Crippen LogP contribution in [0.2, 0.25) is 0 Å². The maximum absolute atomic E-state index is 11.7. The quantitative estimate of drug-likeness (QED) is 0.777. The first-order valence-corrected chi connectivity index (χ1v) is 6.24. The molecule has 0 aliphatic carbocycles. The van der Waals surface area contributed by atoms with Crippen LogP contribution in [0, 0.1) is 6.92 Å². The Morgan fingerprint density at radius 2 is 1.95 bits per heavy atom. The molecule has 0 spiro atoms. The summed E-state index contributed by atoms with van der Waals surface area (Å²) in [5.74, 6) is -1.99. The van der Waals surface area contributed by atoms with E-state index in [0.29, 0.717) is 5.56 Å². The standard InChI is InChI=1S/C14H17NO5/c1-3-20-12(17)8-7-11(16)15-10-6-4-5-9(2)13(10)14(18)19/h4-6H,3,7-8H2,1-2H3,(H,15,16)(H,18,19). The van der Waals surface area contributed by atoms with Crippen molar-refractivity contribution in [2.75, 3.05) is 11.9 Å². The van der Waals surface area contributed by atoms with Gasteiger partial charge in [-0.25, -0.2) is 4.79 Å². The Labute approximate surface area is 116 Å². The molecule has 108 valence electrons. The predicted molar refractivity (Wildman–Crippen MR) is 72.6 cm³/mol. The number of nitrogens with one attached hydrogen (secondary N) is 1. The van der Waals surface area contributed by atoms with E-state index in [1.165, 1.54) is 6.07 Å². The molecule has 0 aromatic heterocycles. The number of anilines is 1. The fraction of sp³-hybridized carbons (Fsp3) is 0.357. The molecule has 0 atom stereocenters. The van der Waals surface area contributed by atoms with E-state index in [0.717, 1.165) is 0 Å². The minimum absolute atomic E-state index is 0.0338. The van der Waals surface area contributed by atoms with Crippen molar-refractivity contribution in [1.82, 2.24) is 0 Å². The van der Waals surface area contributed by atoms with Crippen LogP contribution in [0.15, 0.2) is 18.2 Å². The predicted octanol–water partition coefficient (Wildman–Crippen LogP) is 1.98. The third kappa shape index (κ3) is 4.38. The second kappa shape index (κ2) is 7.28. The van der Waals surface area contributed by atoms with Crippen molar-refractivity contribution in [3.05, 3.63) is 29.3 Å². The van der Waals surface area contributed by atoms with Gasteiger partial charge in [0, 0.05) is 6.42 Å². The SMILES string of the molecule is CCOC(=O)CCC(=O)Nc1cccc(C)c1C(=O)O. The summed E-state index contributed by atoms with van der Waals surface area (Å²) in [6.45, 7) is 3.60. The Bertz CT molecular complexity index is 524. The molecule has 0 bridgehead atoms. The molecule has 6 heteroatoms. The maximum Gasteiger partial charge on any atom is 0.338 e. The average Bonchev–Trinajstić information content (AvgIpc) is 2.36. The number of hydrogen-bond donors (Lipinski definition) is 2. The van der Waals surface area contributed by atoms with Crippen LogP contribution in [0.25, 0.3) is 0 Å². The number of carbonyl (C=O) groups excluding carboxylic acids is 2. The number of amides is 1. The van der Waals surface area contributed by atoms with Crippen LogP contribution in [0.1, 0.15) is 35.7 Å². The van der Waals surface area contributed by atoms with Crippen molar-refractivity contribution < 1.29 is 24.2 Å². The zero-order chi connectivity index (χ0) is 15.1. The van der Waals surface area contributed by atoms with Gasteiger partial charge in [-0.2, -0.15) is 0 Å². The van der Waals surface area contributed by atoms with Crippen LogP contribution < -0.4 is 5.32 Å². The topological polar surface area (TPSA) is 92.7 Å². The van der Waals surface area contributed by atoms with E-state index < -0.39 is 17.8 Å². The molecule has 0 aliphatic rings. The lowest BCUT2D eigenvalue weighted by Crippen LogP contribution is -2.17. The third-order valence-corrected chi connectivity index (χ3v) is 2.62. The van der Waals surface area contributed by atoms with Gasteiger partial charge in [0.2, 0.25) is 5.91 Å². The Kier molecular flexibility index (Phi) is 5.71. The van der Waals surface area contributed by atoms with Gasteiger partial charge in [0.1, 0.15) is 0 Å². The summed E-state index contributed by atoms with van der Waals surface area (Å²) < 4.78 is 4.71. The maximum atomic E-state index is 11.7. The summed E-state index contributed by atoms with van der Waals surface area (Å²) in [6, 6.07) is 4.82. The molecule has 2 N–H and O–H groups in total. The monoisotopic (exact) mass is 279 g/mol. The highest BCUT2D eigenvalue weighted by Crippen LogP contribution is 2.19. The Balaban J connectivity index is 2.69. The molecule has 0 saturated heterocycles. The van der Waals surface area contributed by atoms with Crippen molar-refractivity contribution in [1.29, 1.82) is 0 Å². The van der Waals surface area contributed by atoms with E-state index in [4.69, 9.17) is 9.84 Å². The number of carboxylic acids is 1. The summed E-state index contributed by atoms with van der Waals surface area (Å²) >= 11 is 0. The summed E-state index contributed by atoms with van der Waals surface area (Å²) in [5.41, 5.74) is 0.837. The van der Waals surface area contributed by atoms with Gasteiger partial charge >= 0.3 is 11.9 Å². The molecule has 20 heavy (non-hydrogen) atoms. The number of hydrogen-bond acceptors (Lipinski definition) is 4. The van der Waals surface area contributed by atoms with Gasteiger partial charge in [-0.3, -0.25) is 9.59 Å². The lowest BCUT2D eigenvalue weighted by atomic mass is 10.1. The minimum atomic E-state index is -1.11. The van der Waals surface area contributed by atoms with Crippen molar-refractivity contribution in [2.24, 2.45) is 0 Å². The van der Waals surface area contributed by atoms with E-state index in [-0.39, 0.29) is 30.7 Å². The summed E-state index contributed by atoms with van der Waals surface area (Å²) in [7, 11) is 0. The van der Waals surface area contributed by atoms with Gasteiger partial charge < -0.3 is 15.2 Å². The summed E-state index contributed by atoms with van der Waals surface area (Å²) in [5, 5.41) is 11.6. The molecule has 1 aromatic carbocycles. The fourth-order valence-electron chi connectivity index (χ4n) is 1.72. The van der Waals surface area contributed by atoms with Crippen LogP contribution in [0.4, 0.5) is 5.69 Å². The Morgan fingerprint density at radius 1 is 1.25 bits per heavy atom. The number of aryl methyl sites for hydroxylation is 1. The second-order valence-electron chi connectivity index (χ2n) is 4.16. The van der Waals surface area contributed by atoms with E-state index in [2.05, 4.69) is 5.32 Å². The van der Waals surface area contributed by atoms with Crippen LogP contribution in [-0.4, -0.2) is 29.6 Å². The molecule has 0 heterocycles. The molecule has 1 rings (SSSR count). The number of aromatic carboxylic acids is 1. The largest absolute Gasteiger partial charge is 0.478 e. The Morgan fingerprint density at radius 3 is 2.55 bits per heavy atom. The molecule has 0 aliphatic heterocycles. The van der Waals surface area contributed by atoms with E-state index in [9.17, 15) is 14.4 Å². The van der Waals surface area contributed by atoms with Gasteiger partial charge in [-0.05, 0) is 25.5 Å². The number of ether oxygens (including phenoxy) is 1. The molecule has 6 nitrogen and oxygen atoms in total. The third-order valence-electron chi connectivity index (χ3n) is 2.62. The van der Waals surface area contributed by atoms with Gasteiger partial charge in [0.05, 0.1) is 24.3 Å². The Hall–Kier alpha value is -2.37. The van der Waals surface area contributed by atoms with E-state index in [1.807, 2.05) is 0 Å². The minimum Gasteiger partial charge on any atom is -0.478 e. The van der Waals surface area contributed by atoms with E-state index in [1.54, 1.807) is 26.0 Å². The lowest BCUT2D eigenvalue weighted by Gasteiger charge is -2.10. The van der Waals surface area contributed by atoms with Crippen molar-refractivity contribution in [3.63, 3.8) is 0 Å². The fourth-order valence-corrected chi connectivity index (χ4v) is 1.72. The van der Waals surface area contributed by atoms with Gasteiger partial charge in [-0.1, -0.05) is 12.1 Å². The first-order valence-electron chi connectivity index (χ1n) is 6.24. The average molecular weight is 279 g/mol. The number of carbonyl (C=O) groups is 3. The van der Waals surface area contributed by atoms with Crippen LogP contribution in [0.3, 0.4) is 0 Å². The van der Waals surface area contributed by atoms with E-state index >= 15 is 0 Å². The smallest absolute Gasteiger partial charge is 0.338 e. The molecule has 0 unspecified atom stereocenters. The highest BCUT2D eigenvalue weighted by molar-refractivity contribution is 6.01. The van der Waals surface area contributed by atoms with Crippen LogP contribution in [-0.2, 0) is 14.3 Å².